The monoisotopic (exact) mass is 214 g/mol. The Labute approximate surface area is 91.8 Å². The van der Waals surface area contributed by atoms with Crippen LogP contribution in [0.25, 0.3) is 0 Å². The summed E-state index contributed by atoms with van der Waals surface area (Å²) in [5.74, 6) is 0.923. The standard InChI is InChI=1S/C12H23FN2/c1-2-9-5-6-15-11(7-9)12(13,8-14)10-3-4-10/h9-11,15H,2-8,14H2,1H3. The largest absolute Gasteiger partial charge is 0.327 e. The van der Waals surface area contributed by atoms with Crippen molar-refractivity contribution in [3.05, 3.63) is 0 Å². The van der Waals surface area contributed by atoms with Crippen molar-refractivity contribution >= 4 is 0 Å². The number of nitrogens with one attached hydrogen (secondary N) is 1. The van der Waals surface area contributed by atoms with Crippen LogP contribution in [-0.2, 0) is 0 Å². The molecule has 0 radical (unpaired) electrons. The van der Waals surface area contributed by atoms with Gasteiger partial charge >= 0.3 is 0 Å². The van der Waals surface area contributed by atoms with E-state index in [1.807, 2.05) is 0 Å². The van der Waals surface area contributed by atoms with Crippen LogP contribution in [-0.4, -0.2) is 24.8 Å². The van der Waals surface area contributed by atoms with E-state index in [0.717, 1.165) is 25.8 Å². The molecule has 0 amide bonds. The Morgan fingerprint density at radius 1 is 1.40 bits per heavy atom. The third-order valence-corrected chi connectivity index (χ3v) is 4.24. The first-order chi connectivity index (χ1) is 7.20. The smallest absolute Gasteiger partial charge is 0.141 e. The van der Waals surface area contributed by atoms with Crippen molar-refractivity contribution in [1.29, 1.82) is 0 Å². The van der Waals surface area contributed by atoms with Gasteiger partial charge in [0.15, 0.2) is 0 Å². The lowest BCUT2D eigenvalue weighted by molar-refractivity contribution is 0.0593. The minimum absolute atomic E-state index is 0.00806. The maximum atomic E-state index is 14.7. The van der Waals surface area contributed by atoms with Crippen molar-refractivity contribution in [2.75, 3.05) is 13.1 Å². The van der Waals surface area contributed by atoms with E-state index in [1.54, 1.807) is 0 Å². The Morgan fingerprint density at radius 2 is 2.13 bits per heavy atom. The van der Waals surface area contributed by atoms with Crippen molar-refractivity contribution < 1.29 is 4.39 Å². The Bertz CT molecular complexity index is 218. The summed E-state index contributed by atoms with van der Waals surface area (Å²) in [6.45, 7) is 3.35. The zero-order valence-corrected chi connectivity index (χ0v) is 9.64. The van der Waals surface area contributed by atoms with Gasteiger partial charge in [0, 0.05) is 12.6 Å². The van der Waals surface area contributed by atoms with E-state index in [-0.39, 0.29) is 18.5 Å². The maximum Gasteiger partial charge on any atom is 0.141 e. The first-order valence-electron chi connectivity index (χ1n) is 6.33. The molecule has 88 valence electrons. The lowest BCUT2D eigenvalue weighted by atomic mass is 9.80. The second kappa shape index (κ2) is 4.38. The van der Waals surface area contributed by atoms with Gasteiger partial charge in [0.05, 0.1) is 0 Å². The normalized spacial score (nSPS) is 36.2. The van der Waals surface area contributed by atoms with Gasteiger partial charge in [0.2, 0.25) is 0 Å². The zero-order chi connectivity index (χ0) is 10.9. The molecule has 3 heteroatoms. The van der Waals surface area contributed by atoms with Crippen LogP contribution in [0.15, 0.2) is 0 Å². The quantitative estimate of drug-likeness (QED) is 0.749. The summed E-state index contributed by atoms with van der Waals surface area (Å²) in [5, 5.41) is 3.34. The van der Waals surface area contributed by atoms with E-state index in [9.17, 15) is 4.39 Å². The molecule has 3 N–H and O–H groups in total. The highest BCUT2D eigenvalue weighted by Crippen LogP contribution is 2.45. The molecule has 1 saturated carbocycles. The molecular weight excluding hydrogens is 191 g/mol. The van der Waals surface area contributed by atoms with Crippen molar-refractivity contribution in [3.63, 3.8) is 0 Å². The summed E-state index contributed by atoms with van der Waals surface area (Å²) < 4.78 is 14.7. The second-order valence-electron chi connectivity index (χ2n) is 5.21. The second-order valence-corrected chi connectivity index (χ2v) is 5.21. The van der Waals surface area contributed by atoms with Gasteiger partial charge < -0.3 is 11.1 Å². The molecule has 2 fully saturated rings. The van der Waals surface area contributed by atoms with Gasteiger partial charge in [-0.1, -0.05) is 13.3 Å². The van der Waals surface area contributed by atoms with Gasteiger partial charge in [-0.15, -0.1) is 0 Å². The molecule has 1 aliphatic carbocycles. The average molecular weight is 214 g/mol. The van der Waals surface area contributed by atoms with E-state index >= 15 is 0 Å². The first kappa shape index (κ1) is 11.3. The van der Waals surface area contributed by atoms with E-state index < -0.39 is 5.67 Å². The summed E-state index contributed by atoms with van der Waals surface area (Å²) in [4.78, 5) is 0. The van der Waals surface area contributed by atoms with Crippen molar-refractivity contribution in [1.82, 2.24) is 5.32 Å². The van der Waals surface area contributed by atoms with Gasteiger partial charge in [0.25, 0.3) is 0 Å². The van der Waals surface area contributed by atoms with Gasteiger partial charge in [0.1, 0.15) is 5.67 Å². The number of rotatable bonds is 4. The fourth-order valence-electron chi connectivity index (χ4n) is 2.89. The molecule has 15 heavy (non-hydrogen) atoms. The molecule has 0 spiro atoms. The molecule has 0 aromatic rings. The van der Waals surface area contributed by atoms with Crippen LogP contribution < -0.4 is 11.1 Å². The van der Waals surface area contributed by atoms with Crippen molar-refractivity contribution in [2.24, 2.45) is 17.6 Å². The molecule has 2 rings (SSSR count). The topological polar surface area (TPSA) is 38.0 Å². The van der Waals surface area contributed by atoms with Gasteiger partial charge in [-0.05, 0) is 44.1 Å². The molecule has 2 aliphatic rings. The summed E-state index contributed by atoms with van der Waals surface area (Å²) in [5.41, 5.74) is 4.52. The lowest BCUT2D eigenvalue weighted by Gasteiger charge is -2.39. The molecule has 0 aromatic carbocycles. The fourth-order valence-corrected chi connectivity index (χ4v) is 2.89. The Hall–Kier alpha value is -0.150. The van der Waals surface area contributed by atoms with Crippen LogP contribution in [0, 0.1) is 11.8 Å². The average Bonchev–Trinajstić information content (AvgIpc) is 3.12. The summed E-state index contributed by atoms with van der Waals surface area (Å²) in [6.07, 6.45) is 5.40. The first-order valence-corrected chi connectivity index (χ1v) is 6.33. The maximum absolute atomic E-state index is 14.7. The third kappa shape index (κ3) is 2.18. The lowest BCUT2D eigenvalue weighted by Crippen LogP contribution is -2.56. The summed E-state index contributed by atoms with van der Waals surface area (Å²) in [7, 11) is 0. The number of hydrogen-bond donors (Lipinski definition) is 2. The predicted octanol–water partition coefficient (Wildman–Crippen LogP) is 1.84. The fraction of sp³-hybridized carbons (Fsp3) is 1.00. The number of alkyl halides is 1. The molecule has 1 heterocycles. The highest BCUT2D eigenvalue weighted by molar-refractivity contribution is 5.05. The van der Waals surface area contributed by atoms with Crippen LogP contribution >= 0.6 is 0 Å². The van der Waals surface area contributed by atoms with Crippen LogP contribution in [0.4, 0.5) is 4.39 Å². The van der Waals surface area contributed by atoms with Crippen LogP contribution in [0.5, 0.6) is 0 Å². The number of halogens is 1. The summed E-state index contributed by atoms with van der Waals surface area (Å²) in [6, 6.07) is 0.00806. The number of nitrogens with two attached hydrogens (primary N) is 1. The number of piperidine rings is 1. The Kier molecular flexibility index (Phi) is 3.31. The van der Waals surface area contributed by atoms with E-state index in [0.29, 0.717) is 5.92 Å². The minimum Gasteiger partial charge on any atom is -0.327 e. The van der Waals surface area contributed by atoms with Crippen molar-refractivity contribution in [2.45, 2.75) is 50.7 Å². The van der Waals surface area contributed by atoms with Crippen LogP contribution in [0.1, 0.15) is 39.0 Å². The molecule has 0 bridgehead atoms. The Morgan fingerprint density at radius 3 is 2.67 bits per heavy atom. The van der Waals surface area contributed by atoms with Gasteiger partial charge in [-0.3, -0.25) is 0 Å². The van der Waals surface area contributed by atoms with Crippen LogP contribution in [0.2, 0.25) is 0 Å². The SMILES string of the molecule is CCC1CCNC(C(F)(CN)C2CC2)C1. The Balaban J connectivity index is 2.00. The summed E-state index contributed by atoms with van der Waals surface area (Å²) >= 11 is 0. The highest BCUT2D eigenvalue weighted by atomic mass is 19.1. The van der Waals surface area contributed by atoms with Crippen LogP contribution in [0.3, 0.4) is 0 Å². The molecule has 2 nitrogen and oxygen atoms in total. The highest BCUT2D eigenvalue weighted by Gasteiger charge is 2.51. The van der Waals surface area contributed by atoms with Crippen molar-refractivity contribution in [3.8, 4) is 0 Å². The molecule has 0 aromatic heterocycles. The van der Waals surface area contributed by atoms with E-state index in [4.69, 9.17) is 5.73 Å². The third-order valence-electron chi connectivity index (χ3n) is 4.24. The predicted molar refractivity (Wildman–Crippen MR) is 60.4 cm³/mol. The molecular formula is C12H23FN2. The molecule has 1 aliphatic heterocycles. The molecule has 3 atom stereocenters. The van der Waals surface area contributed by atoms with E-state index in [2.05, 4.69) is 12.2 Å². The minimum atomic E-state index is -1.13. The molecule has 1 saturated heterocycles. The zero-order valence-electron chi connectivity index (χ0n) is 9.64. The van der Waals surface area contributed by atoms with Gasteiger partial charge in [-0.25, -0.2) is 4.39 Å². The molecule has 3 unspecified atom stereocenters. The number of hydrogen-bond acceptors (Lipinski definition) is 2. The van der Waals surface area contributed by atoms with E-state index in [1.165, 1.54) is 12.8 Å². The van der Waals surface area contributed by atoms with Gasteiger partial charge in [-0.2, -0.15) is 0 Å².